The first kappa shape index (κ1) is 16.1. The average Bonchev–Trinajstić information content (AvgIpc) is 2.51. The number of nitrogens with one attached hydrogen (secondary N) is 1. The van der Waals surface area contributed by atoms with Crippen molar-refractivity contribution in [1.29, 1.82) is 0 Å². The van der Waals surface area contributed by atoms with E-state index in [2.05, 4.69) is 81.6 Å². The Balaban J connectivity index is 2.32. The fraction of sp³-hybridized carbons (Fsp3) is 0.333. The van der Waals surface area contributed by atoms with Crippen LogP contribution >= 0.6 is 15.9 Å². The fourth-order valence-electron chi connectivity index (χ4n) is 2.40. The van der Waals surface area contributed by atoms with E-state index < -0.39 is 0 Å². The third kappa shape index (κ3) is 4.32. The van der Waals surface area contributed by atoms with Crippen molar-refractivity contribution >= 4 is 27.3 Å². The normalized spacial score (nSPS) is 10.6. The second kappa shape index (κ2) is 8.20. The van der Waals surface area contributed by atoms with Crippen molar-refractivity contribution < 1.29 is 0 Å². The maximum atomic E-state index is 3.74. The molecule has 0 atom stereocenters. The summed E-state index contributed by atoms with van der Waals surface area (Å²) in [5, 5.41) is 3.19. The number of hydrogen-bond acceptors (Lipinski definition) is 2. The molecule has 3 heteroatoms. The number of rotatable bonds is 7. The lowest BCUT2D eigenvalue weighted by Gasteiger charge is -2.26. The van der Waals surface area contributed by atoms with E-state index in [-0.39, 0.29) is 0 Å². The van der Waals surface area contributed by atoms with Crippen molar-refractivity contribution in [3.05, 3.63) is 58.6 Å². The van der Waals surface area contributed by atoms with Gasteiger partial charge in [-0.15, -0.1) is 0 Å². The van der Waals surface area contributed by atoms with Gasteiger partial charge in [0.05, 0.1) is 5.69 Å². The van der Waals surface area contributed by atoms with E-state index in [1.54, 1.807) is 0 Å². The van der Waals surface area contributed by atoms with Gasteiger partial charge >= 0.3 is 0 Å². The van der Waals surface area contributed by atoms with Crippen LogP contribution in [0.15, 0.2) is 53.0 Å². The third-order valence-electron chi connectivity index (χ3n) is 3.49. The molecule has 0 aliphatic heterocycles. The zero-order chi connectivity index (χ0) is 15.1. The average molecular weight is 347 g/mol. The zero-order valence-electron chi connectivity index (χ0n) is 12.8. The van der Waals surface area contributed by atoms with Gasteiger partial charge in [-0.1, -0.05) is 37.6 Å². The molecule has 21 heavy (non-hydrogen) atoms. The van der Waals surface area contributed by atoms with Crippen LogP contribution in [-0.4, -0.2) is 13.6 Å². The van der Waals surface area contributed by atoms with Gasteiger partial charge < -0.3 is 10.2 Å². The molecule has 0 aromatic heterocycles. The first-order chi connectivity index (χ1) is 10.3. The van der Waals surface area contributed by atoms with Crippen LogP contribution in [0.2, 0.25) is 0 Å². The van der Waals surface area contributed by atoms with E-state index in [1.807, 2.05) is 7.05 Å². The van der Waals surface area contributed by atoms with Crippen LogP contribution in [0.5, 0.6) is 0 Å². The largest absolute Gasteiger partial charge is 0.341 e. The minimum Gasteiger partial charge on any atom is -0.341 e. The van der Waals surface area contributed by atoms with Gasteiger partial charge in [0, 0.05) is 23.2 Å². The van der Waals surface area contributed by atoms with Crippen LogP contribution in [0.3, 0.4) is 0 Å². The van der Waals surface area contributed by atoms with Crippen LogP contribution < -0.4 is 10.2 Å². The molecule has 2 nitrogen and oxygen atoms in total. The van der Waals surface area contributed by atoms with Crippen molar-refractivity contribution in [2.75, 3.05) is 18.5 Å². The first-order valence-corrected chi connectivity index (χ1v) is 8.31. The fourth-order valence-corrected chi connectivity index (χ4v) is 3.04. The molecule has 0 bridgehead atoms. The quantitative estimate of drug-likeness (QED) is 0.749. The number of para-hydroxylation sites is 1. The summed E-state index contributed by atoms with van der Waals surface area (Å²) >= 11 is 3.74. The molecule has 0 saturated carbocycles. The molecular formula is C18H23BrN2. The molecule has 0 aliphatic rings. The van der Waals surface area contributed by atoms with Crippen LogP contribution in [0.25, 0.3) is 0 Å². The number of benzene rings is 2. The molecule has 0 heterocycles. The second-order valence-corrected chi connectivity index (χ2v) is 6.01. The summed E-state index contributed by atoms with van der Waals surface area (Å²) in [6, 6.07) is 17.2. The van der Waals surface area contributed by atoms with Gasteiger partial charge in [0.2, 0.25) is 0 Å². The van der Waals surface area contributed by atoms with Crippen LogP contribution in [0.4, 0.5) is 11.4 Å². The standard InChI is InChI=1S/C18H23BrN2/c1-3-4-12-21(16-8-6-5-7-9-16)18-11-10-15(14-20-2)13-17(18)19/h5-11,13,20H,3-4,12,14H2,1-2H3. The minimum absolute atomic E-state index is 0.888. The molecule has 2 aromatic carbocycles. The Morgan fingerprint density at radius 2 is 1.86 bits per heavy atom. The molecule has 112 valence electrons. The molecule has 1 N–H and O–H groups in total. The Kier molecular flexibility index (Phi) is 6.27. The van der Waals surface area contributed by atoms with Crippen LogP contribution in [0.1, 0.15) is 25.3 Å². The van der Waals surface area contributed by atoms with Crippen molar-refractivity contribution in [1.82, 2.24) is 5.32 Å². The molecule has 0 spiro atoms. The monoisotopic (exact) mass is 346 g/mol. The lowest BCUT2D eigenvalue weighted by atomic mass is 10.1. The Morgan fingerprint density at radius 3 is 2.48 bits per heavy atom. The van der Waals surface area contributed by atoms with Gasteiger partial charge in [-0.2, -0.15) is 0 Å². The van der Waals surface area contributed by atoms with E-state index in [0.29, 0.717) is 0 Å². The number of nitrogens with zero attached hydrogens (tertiary/aromatic N) is 1. The van der Waals surface area contributed by atoms with Crippen molar-refractivity contribution in [2.45, 2.75) is 26.3 Å². The Bertz CT molecular complexity index is 554. The van der Waals surface area contributed by atoms with Gasteiger partial charge in [0.1, 0.15) is 0 Å². The van der Waals surface area contributed by atoms with E-state index in [4.69, 9.17) is 0 Å². The smallest absolute Gasteiger partial charge is 0.0555 e. The summed E-state index contributed by atoms with van der Waals surface area (Å²) in [5.41, 5.74) is 3.76. The van der Waals surface area contributed by atoms with Gasteiger partial charge in [-0.3, -0.25) is 0 Å². The topological polar surface area (TPSA) is 15.3 Å². The highest BCUT2D eigenvalue weighted by atomic mass is 79.9. The van der Waals surface area contributed by atoms with Crippen molar-refractivity contribution in [2.24, 2.45) is 0 Å². The van der Waals surface area contributed by atoms with Gasteiger partial charge in [-0.25, -0.2) is 0 Å². The molecular weight excluding hydrogens is 324 g/mol. The number of anilines is 2. The Labute approximate surface area is 136 Å². The summed E-state index contributed by atoms with van der Waals surface area (Å²) < 4.78 is 1.15. The van der Waals surface area contributed by atoms with Crippen molar-refractivity contribution in [3.63, 3.8) is 0 Å². The van der Waals surface area contributed by atoms with E-state index in [9.17, 15) is 0 Å². The molecule has 0 unspecified atom stereocenters. The van der Waals surface area contributed by atoms with Gasteiger partial charge in [0.15, 0.2) is 0 Å². The minimum atomic E-state index is 0.888. The molecule has 0 saturated heterocycles. The van der Waals surface area contributed by atoms with E-state index >= 15 is 0 Å². The molecule has 0 radical (unpaired) electrons. The Morgan fingerprint density at radius 1 is 1.10 bits per heavy atom. The predicted molar refractivity (Wildman–Crippen MR) is 95.3 cm³/mol. The Hall–Kier alpha value is -1.32. The SMILES string of the molecule is CCCCN(c1ccccc1)c1ccc(CNC)cc1Br. The molecule has 2 rings (SSSR count). The zero-order valence-corrected chi connectivity index (χ0v) is 14.4. The number of hydrogen-bond donors (Lipinski definition) is 1. The summed E-state index contributed by atoms with van der Waals surface area (Å²) in [6.45, 7) is 4.15. The van der Waals surface area contributed by atoms with E-state index in [0.717, 1.165) is 17.6 Å². The second-order valence-electron chi connectivity index (χ2n) is 5.16. The maximum absolute atomic E-state index is 3.74. The van der Waals surface area contributed by atoms with E-state index in [1.165, 1.54) is 29.8 Å². The third-order valence-corrected chi connectivity index (χ3v) is 4.12. The van der Waals surface area contributed by atoms with Gasteiger partial charge in [0.25, 0.3) is 0 Å². The molecule has 2 aromatic rings. The van der Waals surface area contributed by atoms with Crippen LogP contribution in [0, 0.1) is 0 Å². The highest BCUT2D eigenvalue weighted by Crippen LogP contribution is 2.33. The van der Waals surface area contributed by atoms with Crippen molar-refractivity contribution in [3.8, 4) is 0 Å². The molecule has 0 amide bonds. The highest BCUT2D eigenvalue weighted by Gasteiger charge is 2.12. The first-order valence-electron chi connectivity index (χ1n) is 7.52. The lowest BCUT2D eigenvalue weighted by molar-refractivity contribution is 0.783. The summed E-state index contributed by atoms with van der Waals surface area (Å²) in [4.78, 5) is 2.39. The highest BCUT2D eigenvalue weighted by molar-refractivity contribution is 9.10. The maximum Gasteiger partial charge on any atom is 0.0555 e. The molecule has 0 fully saturated rings. The summed E-state index contributed by atoms with van der Waals surface area (Å²) in [6.07, 6.45) is 2.37. The predicted octanol–water partition coefficient (Wildman–Crippen LogP) is 5.11. The number of unbranched alkanes of at least 4 members (excludes halogenated alkanes) is 1. The summed E-state index contributed by atoms with van der Waals surface area (Å²) in [5.74, 6) is 0. The summed E-state index contributed by atoms with van der Waals surface area (Å²) in [7, 11) is 1.97. The molecule has 0 aliphatic carbocycles. The number of halogens is 1. The lowest BCUT2D eigenvalue weighted by Crippen LogP contribution is -2.19. The van der Waals surface area contributed by atoms with Gasteiger partial charge in [-0.05, 0) is 59.2 Å². The van der Waals surface area contributed by atoms with Crippen LogP contribution in [-0.2, 0) is 6.54 Å².